The quantitative estimate of drug-likeness (QED) is 0.492. The molecule has 3 aromatic rings. The van der Waals surface area contributed by atoms with E-state index in [9.17, 15) is 13.6 Å². The molecular weight excluding hydrogens is 404 g/mol. The number of allylic oxidation sites excluding steroid dienone is 1. The van der Waals surface area contributed by atoms with Crippen LogP contribution in [0, 0.1) is 5.41 Å². The van der Waals surface area contributed by atoms with Gasteiger partial charge in [-0.3, -0.25) is 19.8 Å². The largest absolute Gasteiger partial charge is 0.473 e. The molecule has 31 heavy (non-hydrogen) atoms. The molecule has 1 N–H and O–H groups in total. The van der Waals surface area contributed by atoms with E-state index in [1.807, 2.05) is 0 Å². The molecule has 0 radical (unpaired) electrons. The van der Waals surface area contributed by atoms with Gasteiger partial charge in [0.15, 0.2) is 5.82 Å². The van der Waals surface area contributed by atoms with Crippen molar-refractivity contribution in [1.29, 1.82) is 5.41 Å². The van der Waals surface area contributed by atoms with Gasteiger partial charge < -0.3 is 9.64 Å². The van der Waals surface area contributed by atoms with E-state index in [2.05, 4.69) is 9.97 Å². The Bertz CT molecular complexity index is 1140. The van der Waals surface area contributed by atoms with Crippen LogP contribution in [0.5, 0.6) is 0 Å². The first kappa shape index (κ1) is 20.6. The number of aromatic nitrogens is 3. The Kier molecular flexibility index (Phi) is 5.75. The van der Waals surface area contributed by atoms with Crippen molar-refractivity contribution < 1.29 is 18.3 Å². The minimum Gasteiger partial charge on any atom is -0.473 e. The number of fused-ring (bicyclic) bond motifs is 1. The van der Waals surface area contributed by atoms with E-state index in [4.69, 9.17) is 10.1 Å². The smallest absolute Gasteiger partial charge is 0.295 e. The zero-order valence-corrected chi connectivity index (χ0v) is 16.8. The normalized spacial score (nSPS) is 16.8. The van der Waals surface area contributed by atoms with Crippen LogP contribution in [-0.4, -0.2) is 50.4 Å². The van der Waals surface area contributed by atoms with E-state index in [1.54, 1.807) is 60.5 Å². The number of pyridine rings is 1. The lowest BCUT2D eigenvalue weighted by molar-refractivity contribution is 0.0763. The highest BCUT2D eigenvalue weighted by atomic mass is 19.3. The van der Waals surface area contributed by atoms with Crippen LogP contribution in [0.15, 0.2) is 54.7 Å². The molecule has 2 aromatic heterocycles. The molecule has 7 nitrogen and oxygen atoms in total. The molecule has 1 aliphatic rings. The van der Waals surface area contributed by atoms with Gasteiger partial charge in [-0.15, -0.1) is 0 Å². The highest BCUT2D eigenvalue weighted by molar-refractivity contribution is 5.93. The van der Waals surface area contributed by atoms with Gasteiger partial charge in [0.2, 0.25) is 5.90 Å². The fraction of sp³-hybridized carbons (Fsp3) is 0.273. The first-order chi connectivity index (χ1) is 14.9. The number of para-hydroxylation sites is 2. The van der Waals surface area contributed by atoms with E-state index in [-0.39, 0.29) is 23.7 Å². The molecular formula is C22H21F2N5O2. The molecule has 0 unspecified atom stereocenters. The van der Waals surface area contributed by atoms with E-state index >= 15 is 0 Å². The second-order valence-electron chi connectivity index (χ2n) is 7.24. The molecule has 1 atom stereocenters. The summed E-state index contributed by atoms with van der Waals surface area (Å²) in [6.07, 6.45) is 0.423. The number of carbonyl (C=O) groups is 1. The molecule has 1 saturated heterocycles. The summed E-state index contributed by atoms with van der Waals surface area (Å²) >= 11 is 0. The minimum absolute atomic E-state index is 0.160. The molecule has 4 rings (SSSR count). The molecule has 0 bridgehead atoms. The van der Waals surface area contributed by atoms with Crippen LogP contribution in [0.1, 0.15) is 36.1 Å². The summed E-state index contributed by atoms with van der Waals surface area (Å²) in [7, 11) is 0. The van der Waals surface area contributed by atoms with Crippen molar-refractivity contribution in [2.45, 2.75) is 25.9 Å². The highest BCUT2D eigenvalue weighted by Gasteiger charge is 2.29. The lowest BCUT2D eigenvalue weighted by atomic mass is 10.3. The summed E-state index contributed by atoms with van der Waals surface area (Å²) < 4.78 is 34.0. The van der Waals surface area contributed by atoms with Gasteiger partial charge in [-0.05, 0) is 31.2 Å². The Morgan fingerprint density at radius 3 is 2.77 bits per heavy atom. The second-order valence-corrected chi connectivity index (χ2v) is 7.24. The van der Waals surface area contributed by atoms with Gasteiger partial charge in [-0.2, -0.15) is 0 Å². The standard InChI is InChI=1S/C22H21F2N5O2/c1-14(29-18-8-3-2-6-16(18)27-21(29)20(23)24)12-19(25)31-15-9-11-28(13-15)22(30)17-7-4-5-10-26-17/h2-8,10,12,15,20,25H,9,11,13H2,1H3/b14-12+,25-19?/t15-/m0/s1. The highest BCUT2D eigenvalue weighted by Crippen LogP contribution is 2.27. The predicted octanol–water partition coefficient (Wildman–Crippen LogP) is 4.14. The average Bonchev–Trinajstić information content (AvgIpc) is 3.38. The van der Waals surface area contributed by atoms with Gasteiger partial charge in [-0.1, -0.05) is 18.2 Å². The Hall–Kier alpha value is -3.62. The summed E-state index contributed by atoms with van der Waals surface area (Å²) in [5, 5.41) is 8.17. The summed E-state index contributed by atoms with van der Waals surface area (Å²) in [6, 6.07) is 12.0. The van der Waals surface area contributed by atoms with Crippen molar-refractivity contribution in [1.82, 2.24) is 19.4 Å². The summed E-state index contributed by atoms with van der Waals surface area (Å²) in [6.45, 7) is 2.46. The predicted molar refractivity (Wildman–Crippen MR) is 112 cm³/mol. The van der Waals surface area contributed by atoms with E-state index in [1.165, 1.54) is 10.6 Å². The number of rotatable bonds is 5. The maximum absolute atomic E-state index is 13.5. The number of halogens is 2. The van der Waals surface area contributed by atoms with Gasteiger partial charge >= 0.3 is 0 Å². The van der Waals surface area contributed by atoms with Crippen LogP contribution in [0.3, 0.4) is 0 Å². The topological polar surface area (TPSA) is 84.1 Å². The maximum Gasteiger partial charge on any atom is 0.295 e. The maximum atomic E-state index is 13.5. The SMILES string of the molecule is C/C(=C\C(=N)O[C@H]1CCN(C(=O)c2ccccn2)C1)n1c(C(F)F)nc2ccccc21. The molecule has 0 saturated carbocycles. The van der Waals surface area contributed by atoms with Gasteiger partial charge in [0.1, 0.15) is 11.8 Å². The Balaban J connectivity index is 1.46. The number of likely N-dealkylation sites (tertiary alicyclic amines) is 1. The molecule has 0 aliphatic carbocycles. The van der Waals surface area contributed by atoms with E-state index < -0.39 is 6.43 Å². The van der Waals surface area contributed by atoms with Gasteiger partial charge in [0, 0.05) is 30.9 Å². The van der Waals surface area contributed by atoms with Crippen LogP contribution in [0.4, 0.5) is 8.78 Å². The van der Waals surface area contributed by atoms with Crippen molar-refractivity contribution in [3.8, 4) is 0 Å². The number of amides is 1. The third-order valence-electron chi connectivity index (χ3n) is 5.08. The molecule has 160 valence electrons. The number of nitrogens with one attached hydrogen (secondary N) is 1. The van der Waals surface area contributed by atoms with Crippen LogP contribution in [0.25, 0.3) is 16.7 Å². The van der Waals surface area contributed by atoms with Crippen molar-refractivity contribution in [2.24, 2.45) is 0 Å². The van der Waals surface area contributed by atoms with Crippen molar-refractivity contribution >= 4 is 28.5 Å². The fourth-order valence-electron chi connectivity index (χ4n) is 3.69. The van der Waals surface area contributed by atoms with E-state index in [0.717, 1.165) is 0 Å². The molecule has 9 heteroatoms. The molecule has 1 amide bonds. The zero-order valence-electron chi connectivity index (χ0n) is 16.8. The lowest BCUT2D eigenvalue weighted by Crippen LogP contribution is -2.31. The third kappa shape index (κ3) is 4.30. The number of benzene rings is 1. The molecule has 3 heterocycles. The zero-order chi connectivity index (χ0) is 22.0. The van der Waals surface area contributed by atoms with Crippen molar-refractivity contribution in [2.75, 3.05) is 13.1 Å². The van der Waals surface area contributed by atoms with Gasteiger partial charge in [-0.25, -0.2) is 13.8 Å². The molecule has 1 aromatic carbocycles. The first-order valence-electron chi connectivity index (χ1n) is 9.83. The molecule has 1 fully saturated rings. The molecule has 1 aliphatic heterocycles. The van der Waals surface area contributed by atoms with Crippen LogP contribution < -0.4 is 0 Å². The van der Waals surface area contributed by atoms with E-state index in [0.29, 0.717) is 41.9 Å². The van der Waals surface area contributed by atoms with Gasteiger partial charge in [0.25, 0.3) is 12.3 Å². The first-order valence-corrected chi connectivity index (χ1v) is 9.83. The fourth-order valence-corrected chi connectivity index (χ4v) is 3.69. The lowest BCUT2D eigenvalue weighted by Gasteiger charge is -2.17. The number of alkyl halides is 2. The van der Waals surface area contributed by atoms with Crippen LogP contribution in [-0.2, 0) is 4.74 Å². The number of ether oxygens (including phenoxy) is 1. The van der Waals surface area contributed by atoms with Crippen molar-refractivity contribution in [3.63, 3.8) is 0 Å². The third-order valence-corrected chi connectivity index (χ3v) is 5.08. The Labute approximate surface area is 177 Å². The molecule has 0 spiro atoms. The van der Waals surface area contributed by atoms with Gasteiger partial charge in [0.05, 0.1) is 17.6 Å². The minimum atomic E-state index is -2.76. The summed E-state index contributed by atoms with van der Waals surface area (Å²) in [5.74, 6) is -0.722. The second kappa shape index (κ2) is 8.63. The number of hydrogen-bond acceptors (Lipinski definition) is 5. The summed E-state index contributed by atoms with van der Waals surface area (Å²) in [5.41, 5.74) is 1.75. The number of nitrogens with zero attached hydrogens (tertiary/aromatic N) is 4. The van der Waals surface area contributed by atoms with Crippen LogP contribution in [0.2, 0.25) is 0 Å². The van der Waals surface area contributed by atoms with Crippen LogP contribution >= 0.6 is 0 Å². The number of imidazole rings is 1. The monoisotopic (exact) mass is 425 g/mol. The Morgan fingerprint density at radius 2 is 2.03 bits per heavy atom. The Morgan fingerprint density at radius 1 is 1.26 bits per heavy atom. The van der Waals surface area contributed by atoms with Crippen molar-refractivity contribution in [3.05, 3.63) is 66.3 Å². The number of carbonyl (C=O) groups excluding carboxylic acids is 1. The number of hydrogen-bond donors (Lipinski definition) is 1. The average molecular weight is 425 g/mol. The summed E-state index contributed by atoms with van der Waals surface area (Å²) in [4.78, 5) is 22.2.